The van der Waals surface area contributed by atoms with E-state index < -0.39 is 11.7 Å². The fourth-order valence-corrected chi connectivity index (χ4v) is 3.01. The van der Waals surface area contributed by atoms with Crippen molar-refractivity contribution in [3.05, 3.63) is 81.9 Å². The molecule has 1 saturated carbocycles. The molecule has 2 aromatic rings. The average Bonchev–Trinajstić information content (AvgIpc) is 2.60. The highest BCUT2D eigenvalue weighted by Gasteiger charge is 2.30. The first-order chi connectivity index (χ1) is 12.3. The summed E-state index contributed by atoms with van der Waals surface area (Å²) in [6, 6.07) is 12.8. The number of alkyl halides is 3. The van der Waals surface area contributed by atoms with Gasteiger partial charge in [0, 0.05) is 11.1 Å². The summed E-state index contributed by atoms with van der Waals surface area (Å²) in [5.41, 5.74) is 3.46. The summed E-state index contributed by atoms with van der Waals surface area (Å²) in [6.07, 6.45) is 1.47. The molecule has 26 heavy (non-hydrogen) atoms. The summed E-state index contributed by atoms with van der Waals surface area (Å²) < 4.78 is 37.9. The Bertz CT molecular complexity index is 854. The van der Waals surface area contributed by atoms with Crippen molar-refractivity contribution in [3.63, 3.8) is 0 Å². The van der Waals surface area contributed by atoms with Crippen LogP contribution in [0.15, 0.2) is 59.7 Å². The second-order valence-corrected chi connectivity index (χ2v) is 6.55. The first-order valence-electron chi connectivity index (χ1n) is 8.53. The Kier molecular flexibility index (Phi) is 5.12. The zero-order valence-electron chi connectivity index (χ0n) is 14.4. The molecule has 0 unspecified atom stereocenters. The Morgan fingerprint density at radius 2 is 1.27 bits per heavy atom. The van der Waals surface area contributed by atoms with Gasteiger partial charge in [0.15, 0.2) is 5.78 Å². The fraction of sp³-hybridized carbons (Fsp3) is 0.227. The quantitative estimate of drug-likeness (QED) is 0.583. The monoisotopic (exact) mass is 356 g/mol. The van der Waals surface area contributed by atoms with E-state index in [4.69, 9.17) is 0 Å². The minimum Gasteiger partial charge on any atom is -0.289 e. The smallest absolute Gasteiger partial charge is 0.289 e. The molecule has 0 bridgehead atoms. The number of carbonyl (C=O) groups excluding carboxylic acids is 1. The second-order valence-electron chi connectivity index (χ2n) is 6.55. The van der Waals surface area contributed by atoms with E-state index in [0.717, 1.165) is 41.7 Å². The van der Waals surface area contributed by atoms with E-state index in [2.05, 4.69) is 0 Å². The fourth-order valence-electron chi connectivity index (χ4n) is 3.01. The Hall–Kier alpha value is -2.62. The zero-order chi connectivity index (χ0) is 18.7. The number of aryl methyl sites for hydroxylation is 1. The van der Waals surface area contributed by atoms with Gasteiger partial charge in [-0.1, -0.05) is 42.0 Å². The van der Waals surface area contributed by atoms with E-state index in [1.165, 1.54) is 12.1 Å². The number of ketones is 1. The summed E-state index contributed by atoms with van der Waals surface area (Å²) >= 11 is 0. The van der Waals surface area contributed by atoms with Crippen LogP contribution in [0.25, 0.3) is 12.2 Å². The second kappa shape index (κ2) is 7.32. The number of Topliss-reactive ketones (excluding diaryl/α,β-unsaturated/α-hetero) is 1. The molecule has 1 fully saturated rings. The molecule has 0 spiro atoms. The number of carbonyl (C=O) groups is 1. The van der Waals surface area contributed by atoms with Gasteiger partial charge in [-0.15, -0.1) is 0 Å². The lowest BCUT2D eigenvalue weighted by atomic mass is 9.86. The van der Waals surface area contributed by atoms with Gasteiger partial charge < -0.3 is 0 Å². The van der Waals surface area contributed by atoms with E-state index in [1.807, 2.05) is 37.3 Å². The van der Waals surface area contributed by atoms with Crippen molar-refractivity contribution in [1.29, 1.82) is 0 Å². The topological polar surface area (TPSA) is 17.1 Å². The summed E-state index contributed by atoms with van der Waals surface area (Å²) in [4.78, 5) is 12.7. The van der Waals surface area contributed by atoms with Crippen molar-refractivity contribution < 1.29 is 18.0 Å². The van der Waals surface area contributed by atoms with Crippen molar-refractivity contribution in [1.82, 2.24) is 0 Å². The van der Waals surface area contributed by atoms with Gasteiger partial charge >= 0.3 is 6.18 Å². The number of halogens is 3. The normalized spacial score (nSPS) is 18.5. The van der Waals surface area contributed by atoms with Crippen LogP contribution in [-0.4, -0.2) is 5.78 Å². The molecule has 1 nitrogen and oxygen atoms in total. The van der Waals surface area contributed by atoms with Gasteiger partial charge in [0.25, 0.3) is 0 Å². The minimum atomic E-state index is -4.35. The van der Waals surface area contributed by atoms with Crippen molar-refractivity contribution in [2.45, 2.75) is 32.4 Å². The number of hydrogen-bond acceptors (Lipinski definition) is 1. The lowest BCUT2D eigenvalue weighted by molar-refractivity contribution is -0.137. The molecule has 0 amide bonds. The molecule has 1 aliphatic rings. The van der Waals surface area contributed by atoms with Crippen molar-refractivity contribution in [2.75, 3.05) is 0 Å². The average molecular weight is 356 g/mol. The van der Waals surface area contributed by atoms with Gasteiger partial charge in [-0.05, 0) is 61.6 Å². The number of benzene rings is 2. The highest BCUT2D eigenvalue weighted by Crippen LogP contribution is 2.31. The van der Waals surface area contributed by atoms with E-state index in [0.29, 0.717) is 17.6 Å². The number of hydrogen-bond donors (Lipinski definition) is 0. The predicted molar refractivity (Wildman–Crippen MR) is 97.4 cm³/mol. The number of rotatable bonds is 2. The summed E-state index contributed by atoms with van der Waals surface area (Å²) in [5.74, 6) is -0.0169. The van der Waals surface area contributed by atoms with Gasteiger partial charge in [-0.2, -0.15) is 13.2 Å². The van der Waals surface area contributed by atoms with Crippen LogP contribution in [0.5, 0.6) is 0 Å². The molecule has 134 valence electrons. The molecular formula is C22H19F3O. The maximum Gasteiger partial charge on any atom is 0.416 e. The van der Waals surface area contributed by atoms with Gasteiger partial charge in [0.1, 0.15) is 0 Å². The highest BCUT2D eigenvalue weighted by atomic mass is 19.4. The summed E-state index contributed by atoms with van der Waals surface area (Å²) in [7, 11) is 0. The van der Waals surface area contributed by atoms with Gasteiger partial charge in [0.2, 0.25) is 0 Å². The molecule has 0 saturated heterocycles. The predicted octanol–water partition coefficient (Wildman–Crippen LogP) is 6.23. The van der Waals surface area contributed by atoms with Crippen molar-refractivity contribution in [3.8, 4) is 0 Å². The molecule has 0 aromatic heterocycles. The van der Waals surface area contributed by atoms with E-state index in [1.54, 1.807) is 6.08 Å². The van der Waals surface area contributed by atoms with Crippen molar-refractivity contribution in [2.24, 2.45) is 0 Å². The highest BCUT2D eigenvalue weighted by molar-refractivity contribution is 6.13. The lowest BCUT2D eigenvalue weighted by Gasteiger charge is -2.17. The first kappa shape index (κ1) is 18.2. The van der Waals surface area contributed by atoms with Crippen LogP contribution in [0.3, 0.4) is 0 Å². The standard InChI is InChI=1S/C22H19F3O/c1-15-5-7-16(8-6-15)13-18-3-2-4-19(21(18)26)14-17-9-11-20(12-10-17)22(23,24)25/h5-14H,2-4H2,1H3/b18-13+,19-14+. The molecule has 4 heteroatoms. The summed E-state index contributed by atoms with van der Waals surface area (Å²) in [6.45, 7) is 2.01. The maximum atomic E-state index is 12.7. The van der Waals surface area contributed by atoms with Crippen LogP contribution in [-0.2, 0) is 11.0 Å². The van der Waals surface area contributed by atoms with E-state index in [9.17, 15) is 18.0 Å². The Morgan fingerprint density at radius 1 is 0.808 bits per heavy atom. The third kappa shape index (κ3) is 4.31. The zero-order valence-corrected chi connectivity index (χ0v) is 14.4. The lowest BCUT2D eigenvalue weighted by Crippen LogP contribution is -2.12. The SMILES string of the molecule is Cc1ccc(/C=C2\CCC/C(=C\c3ccc(C(F)(F)F)cc3)C2=O)cc1. The Morgan fingerprint density at radius 3 is 1.73 bits per heavy atom. The Labute approximate surface area is 150 Å². The third-order valence-corrected chi connectivity index (χ3v) is 4.47. The maximum absolute atomic E-state index is 12.7. The number of allylic oxidation sites excluding steroid dienone is 2. The van der Waals surface area contributed by atoms with E-state index >= 15 is 0 Å². The molecule has 0 aliphatic heterocycles. The van der Waals surface area contributed by atoms with Crippen LogP contribution in [0, 0.1) is 6.92 Å². The van der Waals surface area contributed by atoms with Gasteiger partial charge in [-0.25, -0.2) is 0 Å². The Balaban J connectivity index is 1.83. The van der Waals surface area contributed by atoms with E-state index in [-0.39, 0.29) is 5.78 Å². The van der Waals surface area contributed by atoms with Crippen molar-refractivity contribution >= 4 is 17.9 Å². The van der Waals surface area contributed by atoms with Crippen LogP contribution in [0.1, 0.15) is 41.5 Å². The first-order valence-corrected chi connectivity index (χ1v) is 8.53. The van der Waals surface area contributed by atoms with Crippen LogP contribution < -0.4 is 0 Å². The van der Waals surface area contributed by atoms with Gasteiger partial charge in [-0.3, -0.25) is 4.79 Å². The minimum absolute atomic E-state index is 0.0169. The van der Waals surface area contributed by atoms with Gasteiger partial charge in [0.05, 0.1) is 5.56 Å². The molecule has 3 rings (SSSR count). The van der Waals surface area contributed by atoms with Crippen LogP contribution in [0.2, 0.25) is 0 Å². The molecule has 0 N–H and O–H groups in total. The summed E-state index contributed by atoms with van der Waals surface area (Å²) in [5, 5.41) is 0. The molecule has 2 aromatic carbocycles. The molecule has 0 heterocycles. The largest absolute Gasteiger partial charge is 0.416 e. The molecule has 0 atom stereocenters. The van der Waals surface area contributed by atoms with Crippen LogP contribution in [0.4, 0.5) is 13.2 Å². The third-order valence-electron chi connectivity index (χ3n) is 4.47. The molecular weight excluding hydrogens is 337 g/mol. The molecule has 1 aliphatic carbocycles. The molecule has 0 radical (unpaired) electrons. The van der Waals surface area contributed by atoms with Crippen LogP contribution >= 0.6 is 0 Å².